The number of benzene rings is 1. The lowest BCUT2D eigenvalue weighted by Crippen LogP contribution is -2.19. The summed E-state index contributed by atoms with van der Waals surface area (Å²) in [5.74, 6) is 1.65. The normalized spacial score (nSPS) is 15.5. The van der Waals surface area contributed by atoms with Crippen LogP contribution in [0.25, 0.3) is 0 Å². The first kappa shape index (κ1) is 18.5. The van der Waals surface area contributed by atoms with Crippen molar-refractivity contribution in [2.75, 3.05) is 27.4 Å². The van der Waals surface area contributed by atoms with E-state index in [-0.39, 0.29) is 6.04 Å². The third kappa shape index (κ3) is 5.66. The molecule has 0 heterocycles. The number of nitrogens with two attached hydrogens (primary N) is 1. The number of carbonyl (C=O) groups excluding carboxylic acids is 1. The van der Waals surface area contributed by atoms with Gasteiger partial charge in [-0.25, -0.2) is 0 Å². The van der Waals surface area contributed by atoms with Crippen LogP contribution < -0.4 is 15.2 Å². The minimum atomic E-state index is 0.171. The zero-order chi connectivity index (χ0) is 16.4. The molecule has 5 nitrogen and oxygen atoms in total. The molecule has 1 aromatic carbocycles. The molecule has 2 N–H and O–H groups in total. The van der Waals surface area contributed by atoms with E-state index in [9.17, 15) is 4.79 Å². The first-order valence-electron chi connectivity index (χ1n) is 7.66. The highest BCUT2D eigenvalue weighted by molar-refractivity contribution is 5.50. The van der Waals surface area contributed by atoms with Gasteiger partial charge in [-0.1, -0.05) is 0 Å². The summed E-state index contributed by atoms with van der Waals surface area (Å²) in [5, 5.41) is 0. The summed E-state index contributed by atoms with van der Waals surface area (Å²) in [6.45, 7) is 3.33. The molecule has 0 bridgehead atoms. The summed E-state index contributed by atoms with van der Waals surface area (Å²) in [5.41, 5.74) is 8.38. The van der Waals surface area contributed by atoms with Crippen molar-refractivity contribution in [3.05, 3.63) is 23.3 Å². The van der Waals surface area contributed by atoms with Crippen molar-refractivity contribution in [2.45, 2.75) is 38.6 Å². The summed E-state index contributed by atoms with van der Waals surface area (Å²) < 4.78 is 15.6. The van der Waals surface area contributed by atoms with Crippen molar-refractivity contribution in [2.24, 2.45) is 5.73 Å². The number of unbranched alkanes of at least 4 members (excludes halogenated alkanes) is 1. The fraction of sp³-hybridized carbons (Fsp3) is 0.588. The summed E-state index contributed by atoms with van der Waals surface area (Å²) in [4.78, 5) is 10.3. The summed E-state index contributed by atoms with van der Waals surface area (Å²) in [6, 6.07) is 4.10. The molecule has 0 aromatic heterocycles. The van der Waals surface area contributed by atoms with E-state index in [0.717, 1.165) is 43.7 Å². The zero-order valence-electron chi connectivity index (χ0n) is 13.8. The van der Waals surface area contributed by atoms with Crippen LogP contribution in [0.5, 0.6) is 11.5 Å². The topological polar surface area (TPSA) is 70.8 Å². The predicted octanol–water partition coefficient (Wildman–Crippen LogP) is 2.13. The first-order chi connectivity index (χ1) is 10.7. The molecule has 0 spiro atoms. The Bertz CT molecular complexity index is 460. The van der Waals surface area contributed by atoms with Crippen molar-refractivity contribution in [3.8, 4) is 11.5 Å². The highest BCUT2D eigenvalue weighted by Gasteiger charge is 2.23. The van der Waals surface area contributed by atoms with E-state index < -0.39 is 0 Å². The predicted molar refractivity (Wildman–Crippen MR) is 86.7 cm³/mol. The Morgan fingerprint density at radius 3 is 2.64 bits per heavy atom. The maximum Gasteiger partial charge on any atom is 0.126 e. The molecule has 0 radical (unpaired) electrons. The van der Waals surface area contributed by atoms with Crippen LogP contribution in [0.4, 0.5) is 0 Å². The second-order valence-electron chi connectivity index (χ2n) is 5.17. The maximum atomic E-state index is 10.3. The number of aldehydes is 1. The molecule has 1 atom stereocenters. The van der Waals surface area contributed by atoms with Crippen molar-refractivity contribution in [3.63, 3.8) is 0 Å². The van der Waals surface area contributed by atoms with Gasteiger partial charge in [-0.15, -0.1) is 0 Å². The minimum Gasteiger partial charge on any atom is -0.497 e. The van der Waals surface area contributed by atoms with Gasteiger partial charge >= 0.3 is 0 Å². The lowest BCUT2D eigenvalue weighted by Gasteiger charge is -2.12. The SMILES string of the molecule is CCOC.COc1cc2c(c(OCCCC=O)c1)CC(N)C2. The van der Waals surface area contributed by atoms with Gasteiger partial charge in [-0.2, -0.15) is 0 Å². The average Bonchev–Trinajstić information content (AvgIpc) is 2.91. The van der Waals surface area contributed by atoms with Crippen LogP contribution in [-0.4, -0.2) is 39.8 Å². The largest absolute Gasteiger partial charge is 0.497 e. The quantitative estimate of drug-likeness (QED) is 0.617. The molecule has 1 unspecified atom stereocenters. The van der Waals surface area contributed by atoms with Crippen LogP contribution in [0.1, 0.15) is 30.9 Å². The average molecular weight is 309 g/mol. The number of carbonyl (C=O) groups is 1. The van der Waals surface area contributed by atoms with E-state index in [1.54, 1.807) is 14.2 Å². The Morgan fingerprint density at radius 1 is 1.32 bits per heavy atom. The van der Waals surface area contributed by atoms with Crippen LogP contribution in [0, 0.1) is 0 Å². The highest BCUT2D eigenvalue weighted by Crippen LogP contribution is 2.34. The van der Waals surface area contributed by atoms with Gasteiger partial charge < -0.3 is 24.7 Å². The molecule has 0 fully saturated rings. The van der Waals surface area contributed by atoms with E-state index in [2.05, 4.69) is 4.74 Å². The highest BCUT2D eigenvalue weighted by atomic mass is 16.5. The van der Waals surface area contributed by atoms with Crippen molar-refractivity contribution >= 4 is 6.29 Å². The van der Waals surface area contributed by atoms with Gasteiger partial charge in [0.05, 0.1) is 13.7 Å². The van der Waals surface area contributed by atoms with Crippen molar-refractivity contribution in [1.29, 1.82) is 0 Å². The summed E-state index contributed by atoms with van der Waals surface area (Å²) >= 11 is 0. The number of rotatable bonds is 7. The molecule has 1 aliphatic carbocycles. The van der Waals surface area contributed by atoms with E-state index >= 15 is 0 Å². The zero-order valence-corrected chi connectivity index (χ0v) is 13.8. The van der Waals surface area contributed by atoms with Gasteiger partial charge in [-0.05, 0) is 43.4 Å². The fourth-order valence-electron chi connectivity index (χ4n) is 2.30. The third-order valence-corrected chi connectivity index (χ3v) is 3.47. The van der Waals surface area contributed by atoms with E-state index in [0.29, 0.717) is 13.0 Å². The van der Waals surface area contributed by atoms with E-state index in [1.165, 1.54) is 11.1 Å². The molecule has 0 saturated heterocycles. The van der Waals surface area contributed by atoms with Gasteiger partial charge in [0, 0.05) is 32.2 Å². The molecule has 124 valence electrons. The van der Waals surface area contributed by atoms with Gasteiger partial charge in [0.2, 0.25) is 0 Å². The van der Waals surface area contributed by atoms with Crippen LogP contribution in [-0.2, 0) is 22.4 Å². The monoisotopic (exact) mass is 309 g/mol. The third-order valence-electron chi connectivity index (χ3n) is 3.47. The molecular weight excluding hydrogens is 282 g/mol. The fourth-order valence-corrected chi connectivity index (χ4v) is 2.30. The Balaban J connectivity index is 0.000000541. The van der Waals surface area contributed by atoms with E-state index in [4.69, 9.17) is 15.2 Å². The standard InChI is InChI=1S/C14H19NO3.C3H8O/c1-17-12-7-10-6-11(15)8-13(10)14(9-12)18-5-3-2-4-16;1-3-4-2/h4,7,9,11H,2-3,5-6,8,15H2,1H3;3H2,1-2H3. The lowest BCUT2D eigenvalue weighted by atomic mass is 10.1. The van der Waals surface area contributed by atoms with Gasteiger partial charge in [0.1, 0.15) is 17.8 Å². The number of methoxy groups -OCH3 is 2. The number of ether oxygens (including phenoxy) is 3. The second-order valence-corrected chi connectivity index (χ2v) is 5.17. The minimum absolute atomic E-state index is 0.171. The smallest absolute Gasteiger partial charge is 0.126 e. The summed E-state index contributed by atoms with van der Waals surface area (Å²) in [7, 11) is 3.33. The van der Waals surface area contributed by atoms with Crippen molar-refractivity contribution in [1.82, 2.24) is 0 Å². The molecule has 0 saturated carbocycles. The van der Waals surface area contributed by atoms with Crippen LogP contribution in [0.15, 0.2) is 12.1 Å². The maximum absolute atomic E-state index is 10.3. The molecule has 1 aliphatic rings. The van der Waals surface area contributed by atoms with E-state index in [1.807, 2.05) is 19.1 Å². The van der Waals surface area contributed by atoms with Crippen LogP contribution >= 0.6 is 0 Å². The number of hydrogen-bond donors (Lipinski definition) is 1. The Hall–Kier alpha value is -1.59. The van der Waals surface area contributed by atoms with Gasteiger partial charge in [0.15, 0.2) is 0 Å². The van der Waals surface area contributed by atoms with Gasteiger partial charge in [0.25, 0.3) is 0 Å². The Morgan fingerprint density at radius 2 is 2.05 bits per heavy atom. The molecule has 1 aromatic rings. The first-order valence-corrected chi connectivity index (χ1v) is 7.66. The molecule has 0 aliphatic heterocycles. The lowest BCUT2D eigenvalue weighted by molar-refractivity contribution is -0.108. The molecule has 22 heavy (non-hydrogen) atoms. The second kappa shape index (κ2) is 10.2. The molecular formula is C17H27NO4. The Kier molecular flexibility index (Phi) is 8.55. The Labute approximate surface area is 132 Å². The van der Waals surface area contributed by atoms with Crippen molar-refractivity contribution < 1.29 is 19.0 Å². The molecule has 2 rings (SSSR count). The number of fused-ring (bicyclic) bond motifs is 1. The number of hydrogen-bond acceptors (Lipinski definition) is 5. The van der Waals surface area contributed by atoms with Gasteiger partial charge in [-0.3, -0.25) is 0 Å². The van der Waals surface area contributed by atoms with Crippen LogP contribution in [0.2, 0.25) is 0 Å². The molecule has 5 heteroatoms. The molecule has 0 amide bonds. The summed E-state index contributed by atoms with van der Waals surface area (Å²) in [6.07, 6.45) is 3.90. The van der Waals surface area contributed by atoms with Crippen LogP contribution in [0.3, 0.4) is 0 Å².